The zero-order valence-electron chi connectivity index (χ0n) is 18.1. The van der Waals surface area contributed by atoms with E-state index in [0.717, 1.165) is 0 Å². The van der Waals surface area contributed by atoms with Gasteiger partial charge in [0.2, 0.25) is 11.8 Å². The third-order valence-electron chi connectivity index (χ3n) is 5.60. The molecule has 8 heteroatoms. The van der Waals surface area contributed by atoms with Crippen molar-refractivity contribution >= 4 is 23.3 Å². The van der Waals surface area contributed by atoms with E-state index in [1.165, 1.54) is 0 Å². The number of carbonyl (C=O) groups is 2. The number of piperidine rings is 1. The summed E-state index contributed by atoms with van der Waals surface area (Å²) in [7, 11) is 1.59. The van der Waals surface area contributed by atoms with Crippen LogP contribution >= 0.6 is 0 Å². The molecule has 1 aromatic heterocycles. The van der Waals surface area contributed by atoms with E-state index in [2.05, 4.69) is 20.6 Å². The number of aromatic nitrogens is 2. The standard InChI is InChI=1S/C22H31N5O3/c1-15(2)27-20(9-12-23-27)25-21(28)16(3)26-13-10-17(11-14-26)22(29)24-18-7-5-6-8-19(18)30-4/h5-9,12,15-17H,10-11,13-14H2,1-4H3,(H,24,29)(H,25,28). The molecule has 1 aliphatic rings. The van der Waals surface area contributed by atoms with Gasteiger partial charge >= 0.3 is 0 Å². The number of nitrogens with zero attached hydrogens (tertiary/aromatic N) is 3. The largest absolute Gasteiger partial charge is 0.495 e. The number of rotatable bonds is 7. The van der Waals surface area contributed by atoms with Crippen LogP contribution in [0.3, 0.4) is 0 Å². The maximum absolute atomic E-state index is 12.7. The van der Waals surface area contributed by atoms with E-state index in [1.807, 2.05) is 45.0 Å². The van der Waals surface area contributed by atoms with Gasteiger partial charge in [0, 0.05) is 18.0 Å². The molecule has 1 atom stereocenters. The first-order valence-corrected chi connectivity index (χ1v) is 10.4. The van der Waals surface area contributed by atoms with Crippen LogP contribution in [-0.2, 0) is 9.59 Å². The first-order valence-electron chi connectivity index (χ1n) is 10.4. The molecule has 1 aromatic carbocycles. The lowest BCUT2D eigenvalue weighted by Gasteiger charge is -2.34. The summed E-state index contributed by atoms with van der Waals surface area (Å²) in [6, 6.07) is 9.09. The Morgan fingerprint density at radius 1 is 1.10 bits per heavy atom. The van der Waals surface area contributed by atoms with Crippen molar-refractivity contribution in [3.63, 3.8) is 0 Å². The van der Waals surface area contributed by atoms with Gasteiger partial charge in [-0.25, -0.2) is 4.68 Å². The number of amides is 2. The Morgan fingerprint density at radius 3 is 2.47 bits per heavy atom. The van der Waals surface area contributed by atoms with Gasteiger partial charge in [-0.2, -0.15) is 5.10 Å². The Balaban J connectivity index is 1.52. The summed E-state index contributed by atoms with van der Waals surface area (Å²) in [5.41, 5.74) is 0.682. The molecular formula is C22H31N5O3. The van der Waals surface area contributed by atoms with Crippen LogP contribution in [0.15, 0.2) is 36.5 Å². The van der Waals surface area contributed by atoms with Gasteiger partial charge in [-0.05, 0) is 58.8 Å². The van der Waals surface area contributed by atoms with E-state index in [-0.39, 0.29) is 29.8 Å². The highest BCUT2D eigenvalue weighted by Crippen LogP contribution is 2.26. The van der Waals surface area contributed by atoms with Crippen molar-refractivity contribution in [2.24, 2.45) is 5.92 Å². The molecule has 162 valence electrons. The van der Waals surface area contributed by atoms with E-state index >= 15 is 0 Å². The van der Waals surface area contributed by atoms with Gasteiger partial charge in [0.05, 0.1) is 25.0 Å². The second kappa shape index (κ2) is 9.75. The zero-order chi connectivity index (χ0) is 21.7. The fraction of sp³-hybridized carbons (Fsp3) is 0.500. The van der Waals surface area contributed by atoms with E-state index in [0.29, 0.717) is 43.2 Å². The van der Waals surface area contributed by atoms with E-state index in [4.69, 9.17) is 4.74 Å². The number of carbonyl (C=O) groups excluding carboxylic acids is 2. The molecule has 30 heavy (non-hydrogen) atoms. The Hall–Kier alpha value is -2.87. The van der Waals surface area contributed by atoms with Crippen molar-refractivity contribution in [2.75, 3.05) is 30.8 Å². The quantitative estimate of drug-likeness (QED) is 0.728. The number of nitrogens with one attached hydrogen (secondary N) is 2. The molecule has 0 saturated carbocycles. The average molecular weight is 414 g/mol. The predicted octanol–water partition coefficient (Wildman–Crippen LogP) is 3.15. The summed E-state index contributed by atoms with van der Waals surface area (Å²) in [4.78, 5) is 27.5. The first kappa shape index (κ1) is 21.8. The highest BCUT2D eigenvalue weighted by atomic mass is 16.5. The molecule has 2 aromatic rings. The Kier molecular flexibility index (Phi) is 7.10. The Morgan fingerprint density at radius 2 is 1.80 bits per heavy atom. The topological polar surface area (TPSA) is 88.5 Å². The number of anilines is 2. The molecule has 1 unspecified atom stereocenters. The SMILES string of the molecule is COc1ccccc1NC(=O)C1CCN(C(C)C(=O)Nc2ccnn2C(C)C)CC1. The summed E-state index contributed by atoms with van der Waals surface area (Å²) in [6.45, 7) is 7.34. The molecule has 1 fully saturated rings. The van der Waals surface area contributed by atoms with Crippen molar-refractivity contribution in [1.82, 2.24) is 14.7 Å². The summed E-state index contributed by atoms with van der Waals surface area (Å²) < 4.78 is 7.09. The summed E-state index contributed by atoms with van der Waals surface area (Å²) in [5, 5.41) is 10.2. The molecular weight excluding hydrogens is 382 g/mol. The maximum Gasteiger partial charge on any atom is 0.242 e. The Labute approximate surface area is 177 Å². The highest BCUT2D eigenvalue weighted by Gasteiger charge is 2.30. The molecule has 1 aliphatic heterocycles. The average Bonchev–Trinajstić information content (AvgIpc) is 3.22. The van der Waals surface area contributed by atoms with Crippen molar-refractivity contribution < 1.29 is 14.3 Å². The van der Waals surface area contributed by atoms with Crippen LogP contribution in [0, 0.1) is 5.92 Å². The van der Waals surface area contributed by atoms with E-state index in [1.54, 1.807) is 24.1 Å². The van der Waals surface area contributed by atoms with Crippen molar-refractivity contribution in [2.45, 2.75) is 45.7 Å². The van der Waals surface area contributed by atoms with E-state index < -0.39 is 0 Å². The highest BCUT2D eigenvalue weighted by molar-refractivity contribution is 5.95. The molecule has 0 aliphatic carbocycles. The summed E-state index contributed by atoms with van der Waals surface area (Å²) in [6.07, 6.45) is 3.11. The predicted molar refractivity (Wildman–Crippen MR) is 117 cm³/mol. The monoisotopic (exact) mass is 413 g/mol. The summed E-state index contributed by atoms with van der Waals surface area (Å²) in [5.74, 6) is 1.21. The molecule has 8 nitrogen and oxygen atoms in total. The number of hydrogen-bond donors (Lipinski definition) is 2. The van der Waals surface area contributed by atoms with Crippen LogP contribution in [0.5, 0.6) is 5.75 Å². The van der Waals surface area contributed by atoms with Crippen molar-refractivity contribution in [3.05, 3.63) is 36.5 Å². The molecule has 0 radical (unpaired) electrons. The minimum atomic E-state index is -0.279. The lowest BCUT2D eigenvalue weighted by molar-refractivity contribution is -0.123. The van der Waals surface area contributed by atoms with Crippen molar-refractivity contribution in [1.29, 1.82) is 0 Å². The molecule has 0 spiro atoms. The van der Waals surface area contributed by atoms with Crippen molar-refractivity contribution in [3.8, 4) is 5.75 Å². The number of ether oxygens (including phenoxy) is 1. The van der Waals surface area contributed by atoms with Crippen LogP contribution in [0.1, 0.15) is 39.7 Å². The van der Waals surface area contributed by atoms with E-state index in [9.17, 15) is 9.59 Å². The van der Waals surface area contributed by atoms with Gasteiger partial charge in [0.1, 0.15) is 11.6 Å². The lowest BCUT2D eigenvalue weighted by atomic mass is 9.94. The van der Waals surface area contributed by atoms with Crippen LogP contribution < -0.4 is 15.4 Å². The smallest absolute Gasteiger partial charge is 0.242 e. The number of hydrogen-bond acceptors (Lipinski definition) is 5. The lowest BCUT2D eigenvalue weighted by Crippen LogP contribution is -2.47. The van der Waals surface area contributed by atoms with Crippen LogP contribution in [0.2, 0.25) is 0 Å². The fourth-order valence-electron chi connectivity index (χ4n) is 3.75. The normalized spacial score (nSPS) is 16.3. The van der Waals surface area contributed by atoms with Gasteiger partial charge in [-0.3, -0.25) is 14.5 Å². The molecule has 2 amide bonds. The van der Waals surface area contributed by atoms with Gasteiger partial charge in [-0.15, -0.1) is 0 Å². The van der Waals surface area contributed by atoms with Crippen LogP contribution in [0.4, 0.5) is 11.5 Å². The molecule has 2 N–H and O–H groups in total. The third-order valence-corrected chi connectivity index (χ3v) is 5.60. The van der Waals surface area contributed by atoms with Gasteiger partial charge in [0.25, 0.3) is 0 Å². The fourth-order valence-corrected chi connectivity index (χ4v) is 3.75. The molecule has 0 bridgehead atoms. The number of methoxy groups -OCH3 is 1. The third kappa shape index (κ3) is 4.99. The van der Waals surface area contributed by atoms with Crippen LogP contribution in [0.25, 0.3) is 0 Å². The van der Waals surface area contributed by atoms with Gasteiger partial charge in [0.15, 0.2) is 0 Å². The minimum Gasteiger partial charge on any atom is -0.495 e. The number of likely N-dealkylation sites (tertiary alicyclic amines) is 1. The first-order chi connectivity index (χ1) is 14.4. The maximum atomic E-state index is 12.7. The molecule has 1 saturated heterocycles. The van der Waals surface area contributed by atoms with Gasteiger partial charge < -0.3 is 15.4 Å². The van der Waals surface area contributed by atoms with Crippen LogP contribution in [-0.4, -0.2) is 52.7 Å². The second-order valence-electron chi connectivity index (χ2n) is 7.92. The minimum absolute atomic E-state index is 0.00269. The molecule has 3 rings (SSSR count). The zero-order valence-corrected chi connectivity index (χ0v) is 18.1. The van der Waals surface area contributed by atoms with Gasteiger partial charge in [-0.1, -0.05) is 12.1 Å². The molecule has 2 heterocycles. The number of benzene rings is 1. The second-order valence-corrected chi connectivity index (χ2v) is 7.92. The summed E-state index contributed by atoms with van der Waals surface area (Å²) >= 11 is 0. The Bertz CT molecular complexity index is 871. The number of para-hydroxylation sites is 2.